The molecule has 0 amide bonds. The van der Waals surface area contributed by atoms with Crippen LogP contribution in [0.15, 0.2) is 42.9 Å². The molecule has 1 aromatic carbocycles. The van der Waals surface area contributed by atoms with E-state index in [9.17, 15) is 4.39 Å². The van der Waals surface area contributed by atoms with E-state index in [4.69, 9.17) is 0 Å². The van der Waals surface area contributed by atoms with Gasteiger partial charge >= 0.3 is 0 Å². The molecule has 4 heteroatoms. The van der Waals surface area contributed by atoms with E-state index in [-0.39, 0.29) is 17.9 Å². The van der Waals surface area contributed by atoms with Gasteiger partial charge in [0.1, 0.15) is 5.82 Å². The fourth-order valence-electron chi connectivity index (χ4n) is 1.91. The first-order valence-corrected chi connectivity index (χ1v) is 5.95. The van der Waals surface area contributed by atoms with Crippen LogP contribution in [0.4, 0.5) is 4.39 Å². The van der Waals surface area contributed by atoms with E-state index in [1.807, 2.05) is 19.9 Å². The fraction of sp³-hybridized carbons (Fsp3) is 0.286. The zero-order chi connectivity index (χ0) is 13.0. The highest BCUT2D eigenvalue weighted by Crippen LogP contribution is 2.19. The summed E-state index contributed by atoms with van der Waals surface area (Å²) in [6.07, 6.45) is 5.00. The Bertz CT molecular complexity index is 501. The number of benzene rings is 1. The Morgan fingerprint density at radius 1 is 1.11 bits per heavy atom. The van der Waals surface area contributed by atoms with Crippen LogP contribution in [0.2, 0.25) is 0 Å². The van der Waals surface area contributed by atoms with Crippen LogP contribution in [0.1, 0.15) is 37.2 Å². The molecule has 1 unspecified atom stereocenters. The summed E-state index contributed by atoms with van der Waals surface area (Å²) in [6, 6.07) is 6.73. The molecule has 0 spiro atoms. The van der Waals surface area contributed by atoms with Gasteiger partial charge in [-0.1, -0.05) is 18.2 Å². The number of aromatic nitrogens is 2. The Hall–Kier alpha value is -1.81. The first kappa shape index (κ1) is 12.6. The van der Waals surface area contributed by atoms with Crippen molar-refractivity contribution in [2.45, 2.75) is 25.9 Å². The summed E-state index contributed by atoms with van der Waals surface area (Å²) < 4.78 is 13.6. The lowest BCUT2D eigenvalue weighted by molar-refractivity contribution is 0.466. The van der Waals surface area contributed by atoms with Crippen molar-refractivity contribution >= 4 is 0 Å². The van der Waals surface area contributed by atoms with E-state index in [2.05, 4.69) is 15.3 Å². The number of hydrogen-bond acceptors (Lipinski definition) is 3. The largest absolute Gasteiger partial charge is 0.302 e. The van der Waals surface area contributed by atoms with Crippen molar-refractivity contribution in [1.29, 1.82) is 0 Å². The average molecular weight is 245 g/mol. The second-order valence-electron chi connectivity index (χ2n) is 4.26. The van der Waals surface area contributed by atoms with Crippen LogP contribution in [0.25, 0.3) is 0 Å². The lowest BCUT2D eigenvalue weighted by atomic mass is 10.1. The molecule has 1 heterocycles. The minimum absolute atomic E-state index is 0.0216. The van der Waals surface area contributed by atoms with Gasteiger partial charge in [0.25, 0.3) is 0 Å². The van der Waals surface area contributed by atoms with Crippen molar-refractivity contribution < 1.29 is 4.39 Å². The van der Waals surface area contributed by atoms with Gasteiger partial charge in [0.2, 0.25) is 0 Å². The Balaban J connectivity index is 2.08. The fourth-order valence-corrected chi connectivity index (χ4v) is 1.91. The molecule has 3 nitrogen and oxygen atoms in total. The molecule has 1 aromatic heterocycles. The predicted octanol–water partition coefficient (Wildman–Crippen LogP) is 3.03. The third-order valence-electron chi connectivity index (χ3n) is 2.90. The maximum atomic E-state index is 13.6. The van der Waals surface area contributed by atoms with Crippen LogP contribution in [0, 0.1) is 5.82 Å². The highest BCUT2D eigenvalue weighted by molar-refractivity contribution is 5.21. The Kier molecular flexibility index (Phi) is 3.99. The minimum atomic E-state index is -0.191. The average Bonchev–Trinajstić information content (AvgIpc) is 2.40. The van der Waals surface area contributed by atoms with Gasteiger partial charge in [0.15, 0.2) is 0 Å². The molecule has 0 fully saturated rings. The molecule has 18 heavy (non-hydrogen) atoms. The zero-order valence-corrected chi connectivity index (χ0v) is 10.5. The van der Waals surface area contributed by atoms with E-state index in [1.165, 1.54) is 6.07 Å². The van der Waals surface area contributed by atoms with Crippen LogP contribution in [-0.2, 0) is 0 Å². The summed E-state index contributed by atoms with van der Waals surface area (Å²) in [7, 11) is 0. The first-order chi connectivity index (χ1) is 8.68. The summed E-state index contributed by atoms with van der Waals surface area (Å²) in [5.74, 6) is -0.191. The van der Waals surface area contributed by atoms with Gasteiger partial charge in [0.05, 0.1) is 5.69 Å². The van der Waals surface area contributed by atoms with Crippen molar-refractivity contribution in [2.24, 2.45) is 0 Å². The van der Waals surface area contributed by atoms with Crippen LogP contribution in [0.5, 0.6) is 0 Å². The summed E-state index contributed by atoms with van der Waals surface area (Å²) >= 11 is 0. The maximum absolute atomic E-state index is 13.6. The molecule has 0 aliphatic carbocycles. The summed E-state index contributed by atoms with van der Waals surface area (Å²) in [5, 5.41) is 3.31. The van der Waals surface area contributed by atoms with Gasteiger partial charge in [0, 0.05) is 36.2 Å². The first-order valence-electron chi connectivity index (χ1n) is 5.95. The van der Waals surface area contributed by atoms with Crippen LogP contribution >= 0.6 is 0 Å². The van der Waals surface area contributed by atoms with Crippen molar-refractivity contribution in [3.05, 3.63) is 59.9 Å². The third-order valence-corrected chi connectivity index (χ3v) is 2.90. The molecule has 2 aromatic rings. The molecular formula is C14H16FN3. The molecule has 2 rings (SSSR count). The van der Waals surface area contributed by atoms with Gasteiger partial charge in [-0.15, -0.1) is 0 Å². The summed E-state index contributed by atoms with van der Waals surface area (Å²) in [5.41, 5.74) is 1.51. The number of nitrogens with zero attached hydrogens (tertiary/aromatic N) is 2. The van der Waals surface area contributed by atoms with Crippen molar-refractivity contribution in [1.82, 2.24) is 15.3 Å². The normalized spacial score (nSPS) is 14.2. The van der Waals surface area contributed by atoms with Gasteiger partial charge in [-0.05, 0) is 19.9 Å². The van der Waals surface area contributed by atoms with Crippen molar-refractivity contribution in [3.63, 3.8) is 0 Å². The standard InChI is InChI=1S/C14H16FN3/c1-10(12-5-3-4-6-13(12)15)18-11(2)14-9-16-7-8-17-14/h3-11,18H,1-2H3/t10-,11?/m1/s1. The highest BCUT2D eigenvalue weighted by atomic mass is 19.1. The molecule has 0 bridgehead atoms. The zero-order valence-electron chi connectivity index (χ0n) is 10.5. The predicted molar refractivity (Wildman–Crippen MR) is 68.4 cm³/mol. The molecule has 1 N–H and O–H groups in total. The van der Waals surface area contributed by atoms with Crippen LogP contribution < -0.4 is 5.32 Å². The molecular weight excluding hydrogens is 229 g/mol. The van der Waals surface area contributed by atoms with Gasteiger partial charge < -0.3 is 5.32 Å². The minimum Gasteiger partial charge on any atom is -0.302 e. The SMILES string of the molecule is CC(N[C@H](C)c1ccccc1F)c1cnccn1. The van der Waals surface area contributed by atoms with Crippen LogP contribution in [0.3, 0.4) is 0 Å². The Morgan fingerprint density at radius 3 is 2.56 bits per heavy atom. The highest BCUT2D eigenvalue weighted by Gasteiger charge is 2.14. The lowest BCUT2D eigenvalue weighted by Crippen LogP contribution is -2.24. The third kappa shape index (κ3) is 2.90. The molecule has 94 valence electrons. The molecule has 0 saturated carbocycles. The number of hydrogen-bond donors (Lipinski definition) is 1. The van der Waals surface area contributed by atoms with Gasteiger partial charge in [-0.3, -0.25) is 9.97 Å². The quantitative estimate of drug-likeness (QED) is 0.899. The molecule has 2 atom stereocenters. The summed E-state index contributed by atoms with van der Waals surface area (Å²) in [6.45, 7) is 3.92. The van der Waals surface area contributed by atoms with E-state index in [0.717, 1.165) is 5.69 Å². The van der Waals surface area contributed by atoms with Crippen molar-refractivity contribution in [2.75, 3.05) is 0 Å². The molecule has 0 radical (unpaired) electrons. The van der Waals surface area contributed by atoms with E-state index in [1.54, 1.807) is 30.7 Å². The van der Waals surface area contributed by atoms with E-state index >= 15 is 0 Å². The topological polar surface area (TPSA) is 37.8 Å². The Morgan fingerprint density at radius 2 is 1.89 bits per heavy atom. The molecule has 0 aliphatic heterocycles. The van der Waals surface area contributed by atoms with Crippen LogP contribution in [-0.4, -0.2) is 9.97 Å². The van der Waals surface area contributed by atoms with Gasteiger partial charge in [-0.2, -0.15) is 0 Å². The Labute approximate surface area is 106 Å². The second-order valence-corrected chi connectivity index (χ2v) is 4.26. The smallest absolute Gasteiger partial charge is 0.127 e. The molecule has 0 saturated heterocycles. The molecule has 0 aliphatic rings. The monoisotopic (exact) mass is 245 g/mol. The van der Waals surface area contributed by atoms with E-state index in [0.29, 0.717) is 5.56 Å². The maximum Gasteiger partial charge on any atom is 0.127 e. The number of nitrogens with one attached hydrogen (secondary N) is 1. The summed E-state index contributed by atoms with van der Waals surface area (Å²) in [4.78, 5) is 8.26. The lowest BCUT2D eigenvalue weighted by Gasteiger charge is -2.20. The second kappa shape index (κ2) is 5.69. The number of halogens is 1. The van der Waals surface area contributed by atoms with Crippen molar-refractivity contribution in [3.8, 4) is 0 Å². The van der Waals surface area contributed by atoms with E-state index < -0.39 is 0 Å². The van der Waals surface area contributed by atoms with Gasteiger partial charge in [-0.25, -0.2) is 4.39 Å². The number of rotatable bonds is 4.